The molecule has 0 aliphatic rings. The van der Waals surface area contributed by atoms with Crippen LogP contribution in [0.1, 0.15) is 5.56 Å². The van der Waals surface area contributed by atoms with Gasteiger partial charge in [0.1, 0.15) is 0 Å². The van der Waals surface area contributed by atoms with Crippen LogP contribution in [0.15, 0.2) is 40.6 Å². The standard InChI is InChI=1S/C12H12F3N3S/c1-16-10-8(12(13,14)15)4-3-5-9(10)19-11-17-6-7-18(11)2/h3-7,16H,1-2H3. The number of benzene rings is 1. The molecule has 7 heteroatoms. The predicted molar refractivity (Wildman–Crippen MR) is 68.3 cm³/mol. The Bertz CT molecular complexity index is 578. The van der Waals surface area contributed by atoms with E-state index in [0.29, 0.717) is 10.1 Å². The van der Waals surface area contributed by atoms with Crippen LogP contribution in [-0.2, 0) is 13.2 Å². The summed E-state index contributed by atoms with van der Waals surface area (Å²) in [5.74, 6) is 0. The van der Waals surface area contributed by atoms with Gasteiger partial charge < -0.3 is 9.88 Å². The molecule has 1 aromatic carbocycles. The quantitative estimate of drug-likeness (QED) is 0.935. The molecule has 1 heterocycles. The average Bonchev–Trinajstić information content (AvgIpc) is 2.74. The van der Waals surface area contributed by atoms with Gasteiger partial charge in [0.25, 0.3) is 0 Å². The fourth-order valence-electron chi connectivity index (χ4n) is 1.66. The molecule has 0 saturated carbocycles. The first-order valence-corrected chi connectivity index (χ1v) is 6.28. The molecule has 0 aliphatic carbocycles. The number of halogens is 3. The van der Waals surface area contributed by atoms with E-state index in [9.17, 15) is 13.2 Å². The topological polar surface area (TPSA) is 29.9 Å². The van der Waals surface area contributed by atoms with Crippen LogP contribution in [0.2, 0.25) is 0 Å². The lowest BCUT2D eigenvalue weighted by Crippen LogP contribution is -2.09. The maximum atomic E-state index is 12.9. The lowest BCUT2D eigenvalue weighted by molar-refractivity contribution is -0.137. The van der Waals surface area contributed by atoms with E-state index in [-0.39, 0.29) is 5.69 Å². The van der Waals surface area contributed by atoms with Crippen molar-refractivity contribution >= 4 is 17.4 Å². The van der Waals surface area contributed by atoms with Crippen LogP contribution in [-0.4, -0.2) is 16.6 Å². The van der Waals surface area contributed by atoms with E-state index in [2.05, 4.69) is 10.3 Å². The maximum Gasteiger partial charge on any atom is 0.418 e. The third-order valence-electron chi connectivity index (χ3n) is 2.56. The van der Waals surface area contributed by atoms with Crippen molar-refractivity contribution in [1.29, 1.82) is 0 Å². The number of anilines is 1. The summed E-state index contributed by atoms with van der Waals surface area (Å²) < 4.78 is 40.5. The van der Waals surface area contributed by atoms with Gasteiger partial charge in [-0.15, -0.1) is 0 Å². The molecular formula is C12H12F3N3S. The number of imidazole rings is 1. The van der Waals surface area contributed by atoms with Gasteiger partial charge in [-0.3, -0.25) is 0 Å². The molecule has 0 radical (unpaired) electrons. The summed E-state index contributed by atoms with van der Waals surface area (Å²) in [6.07, 6.45) is -1.03. The molecule has 19 heavy (non-hydrogen) atoms. The van der Waals surface area contributed by atoms with Gasteiger partial charge in [-0.1, -0.05) is 6.07 Å². The molecule has 0 saturated heterocycles. The number of aromatic nitrogens is 2. The highest BCUT2D eigenvalue weighted by Crippen LogP contribution is 2.41. The number of alkyl halides is 3. The SMILES string of the molecule is CNc1c(Sc2nccn2C)cccc1C(F)(F)F. The van der Waals surface area contributed by atoms with E-state index in [1.54, 1.807) is 30.1 Å². The Balaban J connectivity index is 2.44. The molecular weight excluding hydrogens is 275 g/mol. The zero-order valence-electron chi connectivity index (χ0n) is 10.3. The molecule has 3 nitrogen and oxygen atoms in total. The van der Waals surface area contributed by atoms with Crippen molar-refractivity contribution in [3.05, 3.63) is 36.2 Å². The zero-order chi connectivity index (χ0) is 14.0. The first kappa shape index (κ1) is 13.8. The average molecular weight is 287 g/mol. The second kappa shape index (κ2) is 5.16. The molecule has 0 spiro atoms. The normalized spacial score (nSPS) is 11.6. The van der Waals surface area contributed by atoms with Gasteiger partial charge >= 0.3 is 6.18 Å². The van der Waals surface area contributed by atoms with E-state index >= 15 is 0 Å². The summed E-state index contributed by atoms with van der Waals surface area (Å²) >= 11 is 1.19. The molecule has 0 aliphatic heterocycles. The van der Waals surface area contributed by atoms with Crippen molar-refractivity contribution in [2.45, 2.75) is 16.2 Å². The van der Waals surface area contributed by atoms with Crippen LogP contribution in [0, 0.1) is 0 Å². The molecule has 1 N–H and O–H groups in total. The number of aryl methyl sites for hydroxylation is 1. The van der Waals surface area contributed by atoms with Crippen LogP contribution >= 0.6 is 11.8 Å². The molecule has 102 valence electrons. The first-order valence-electron chi connectivity index (χ1n) is 5.46. The molecule has 1 aromatic heterocycles. The second-order valence-corrected chi connectivity index (χ2v) is 4.86. The van der Waals surface area contributed by atoms with Gasteiger partial charge in [-0.05, 0) is 23.9 Å². The third kappa shape index (κ3) is 2.86. The monoisotopic (exact) mass is 287 g/mol. The van der Waals surface area contributed by atoms with Crippen molar-refractivity contribution in [3.63, 3.8) is 0 Å². The number of hydrogen-bond acceptors (Lipinski definition) is 3. The summed E-state index contributed by atoms with van der Waals surface area (Å²) in [7, 11) is 3.27. The van der Waals surface area contributed by atoms with Crippen molar-refractivity contribution in [2.24, 2.45) is 7.05 Å². The summed E-state index contributed by atoms with van der Waals surface area (Å²) in [6, 6.07) is 4.10. The Morgan fingerprint density at radius 1 is 1.32 bits per heavy atom. The van der Waals surface area contributed by atoms with Gasteiger partial charge in [0.15, 0.2) is 5.16 Å². The van der Waals surface area contributed by atoms with Gasteiger partial charge in [-0.2, -0.15) is 13.2 Å². The highest BCUT2D eigenvalue weighted by atomic mass is 32.2. The zero-order valence-corrected chi connectivity index (χ0v) is 11.1. The van der Waals surface area contributed by atoms with Crippen LogP contribution in [0.4, 0.5) is 18.9 Å². The molecule has 0 bridgehead atoms. The fourth-order valence-corrected chi connectivity index (χ4v) is 2.63. The fraction of sp³-hybridized carbons (Fsp3) is 0.250. The minimum absolute atomic E-state index is 0.0722. The van der Waals surface area contributed by atoms with E-state index in [1.807, 2.05) is 0 Å². The summed E-state index contributed by atoms with van der Waals surface area (Å²) in [5.41, 5.74) is -0.600. The van der Waals surface area contributed by atoms with Crippen molar-refractivity contribution in [1.82, 2.24) is 9.55 Å². The number of nitrogens with zero attached hydrogens (tertiary/aromatic N) is 2. The maximum absolute atomic E-state index is 12.9. The summed E-state index contributed by atoms with van der Waals surface area (Å²) in [6.45, 7) is 0. The van der Waals surface area contributed by atoms with Gasteiger partial charge in [0.05, 0.1) is 11.3 Å². The Hall–Kier alpha value is -1.63. The van der Waals surface area contributed by atoms with E-state index in [0.717, 1.165) is 6.07 Å². The molecule has 0 fully saturated rings. The number of rotatable bonds is 3. The lowest BCUT2D eigenvalue weighted by Gasteiger charge is -2.15. The number of nitrogens with one attached hydrogen (secondary N) is 1. The first-order chi connectivity index (χ1) is 8.93. The van der Waals surface area contributed by atoms with E-state index in [4.69, 9.17) is 0 Å². The summed E-state index contributed by atoms with van der Waals surface area (Å²) in [5, 5.41) is 3.26. The van der Waals surface area contributed by atoms with Crippen molar-refractivity contribution in [3.8, 4) is 0 Å². The van der Waals surface area contributed by atoms with Gasteiger partial charge in [-0.25, -0.2) is 4.98 Å². The Labute approximate surface area is 112 Å². The highest BCUT2D eigenvalue weighted by molar-refractivity contribution is 7.99. The lowest BCUT2D eigenvalue weighted by atomic mass is 10.1. The number of hydrogen-bond donors (Lipinski definition) is 1. The van der Waals surface area contributed by atoms with Crippen LogP contribution in [0.25, 0.3) is 0 Å². The smallest absolute Gasteiger partial charge is 0.387 e. The Morgan fingerprint density at radius 3 is 2.58 bits per heavy atom. The second-order valence-electron chi connectivity index (χ2n) is 3.85. The van der Waals surface area contributed by atoms with E-state index < -0.39 is 11.7 Å². The molecule has 0 amide bonds. The highest BCUT2D eigenvalue weighted by Gasteiger charge is 2.34. The van der Waals surface area contributed by atoms with Crippen molar-refractivity contribution < 1.29 is 13.2 Å². The molecule has 2 aromatic rings. The Morgan fingerprint density at radius 2 is 2.05 bits per heavy atom. The van der Waals surface area contributed by atoms with Gasteiger partial charge in [0.2, 0.25) is 0 Å². The van der Waals surface area contributed by atoms with Crippen molar-refractivity contribution in [2.75, 3.05) is 12.4 Å². The minimum Gasteiger partial charge on any atom is -0.387 e. The third-order valence-corrected chi connectivity index (χ3v) is 3.70. The van der Waals surface area contributed by atoms with Crippen LogP contribution in [0.5, 0.6) is 0 Å². The van der Waals surface area contributed by atoms with E-state index in [1.165, 1.54) is 24.9 Å². The molecule has 0 unspecified atom stereocenters. The molecule has 2 rings (SSSR count). The predicted octanol–water partition coefficient (Wildman–Crippen LogP) is 3.63. The van der Waals surface area contributed by atoms with Gasteiger partial charge in [0, 0.05) is 31.4 Å². The summed E-state index contributed by atoms with van der Waals surface area (Å²) in [4.78, 5) is 4.59. The Kier molecular flexibility index (Phi) is 3.75. The molecule has 0 atom stereocenters. The number of para-hydroxylation sites is 1. The van der Waals surface area contributed by atoms with Crippen LogP contribution < -0.4 is 5.32 Å². The minimum atomic E-state index is -4.38. The largest absolute Gasteiger partial charge is 0.418 e. The van der Waals surface area contributed by atoms with Crippen LogP contribution in [0.3, 0.4) is 0 Å².